The van der Waals surface area contributed by atoms with Gasteiger partial charge in [-0.3, -0.25) is 4.68 Å². The Morgan fingerprint density at radius 2 is 2.06 bits per heavy atom. The van der Waals surface area contributed by atoms with Crippen molar-refractivity contribution in [1.29, 1.82) is 5.26 Å². The van der Waals surface area contributed by atoms with Crippen molar-refractivity contribution >= 4 is 22.8 Å². The van der Waals surface area contributed by atoms with E-state index in [0.717, 1.165) is 11.1 Å². The van der Waals surface area contributed by atoms with Gasteiger partial charge >= 0.3 is 6.09 Å². The first-order valence-corrected chi connectivity index (χ1v) is 11.3. The van der Waals surface area contributed by atoms with Crippen LogP contribution in [0, 0.1) is 16.7 Å². The molecule has 4 rings (SSSR count). The number of amides is 1. The van der Waals surface area contributed by atoms with Crippen LogP contribution in [0.4, 0.5) is 10.6 Å². The van der Waals surface area contributed by atoms with Crippen molar-refractivity contribution in [3.63, 3.8) is 0 Å². The molecule has 9 heteroatoms. The zero-order valence-electron chi connectivity index (χ0n) is 19.7. The summed E-state index contributed by atoms with van der Waals surface area (Å²) in [6, 6.07) is 13.6. The van der Waals surface area contributed by atoms with Gasteiger partial charge in [0.25, 0.3) is 0 Å². The molecule has 0 spiro atoms. The van der Waals surface area contributed by atoms with E-state index in [-0.39, 0.29) is 23.7 Å². The number of piperidine rings is 1. The molecule has 178 valence electrons. The fourth-order valence-electron chi connectivity index (χ4n) is 4.89. The number of nitrogen functional groups attached to an aromatic ring is 1. The smallest absolute Gasteiger partial charge is 0.407 e. The molecule has 1 amide bonds. The molecular weight excluding hydrogens is 432 g/mol. The fourth-order valence-corrected chi connectivity index (χ4v) is 4.89. The first-order valence-electron chi connectivity index (χ1n) is 11.3. The molecule has 3 N–H and O–H groups in total. The second-order valence-electron chi connectivity index (χ2n) is 9.95. The first kappa shape index (κ1) is 23.4. The largest absolute Gasteiger partial charge is 0.472 e. The van der Waals surface area contributed by atoms with Crippen LogP contribution in [0.5, 0.6) is 5.88 Å². The Labute approximate surface area is 198 Å². The predicted molar refractivity (Wildman–Crippen MR) is 128 cm³/mol. The number of pyridine rings is 1. The minimum Gasteiger partial charge on any atom is -0.472 e. The first-order chi connectivity index (χ1) is 16.2. The lowest BCUT2D eigenvalue weighted by molar-refractivity contribution is 0.00720. The van der Waals surface area contributed by atoms with E-state index in [2.05, 4.69) is 16.2 Å². The maximum absolute atomic E-state index is 12.0. The Morgan fingerprint density at radius 3 is 2.71 bits per heavy atom. The molecule has 1 aliphatic rings. The summed E-state index contributed by atoms with van der Waals surface area (Å²) >= 11 is 0. The summed E-state index contributed by atoms with van der Waals surface area (Å²) in [5, 5.41) is 24.8. The molecule has 3 heterocycles. The molecule has 0 radical (unpaired) electrons. The van der Waals surface area contributed by atoms with E-state index in [1.165, 1.54) is 4.90 Å². The highest BCUT2D eigenvalue weighted by molar-refractivity contribution is 5.93. The van der Waals surface area contributed by atoms with Gasteiger partial charge in [-0.1, -0.05) is 51.1 Å². The highest BCUT2D eigenvalue weighted by atomic mass is 16.5. The van der Waals surface area contributed by atoms with Crippen molar-refractivity contribution in [2.45, 2.75) is 58.2 Å². The molecule has 2 aromatic heterocycles. The van der Waals surface area contributed by atoms with E-state index in [1.807, 2.05) is 61.9 Å². The maximum Gasteiger partial charge on any atom is 0.407 e. The average molecular weight is 463 g/mol. The molecule has 2 atom stereocenters. The quantitative estimate of drug-likeness (QED) is 0.575. The number of rotatable bonds is 5. The van der Waals surface area contributed by atoms with Crippen molar-refractivity contribution in [3.8, 4) is 11.9 Å². The second-order valence-corrected chi connectivity index (χ2v) is 9.95. The molecule has 1 aromatic carbocycles. The molecule has 0 bridgehead atoms. The third kappa shape index (κ3) is 4.23. The highest BCUT2D eigenvalue weighted by Crippen LogP contribution is 2.44. The molecule has 9 nitrogen and oxygen atoms in total. The van der Waals surface area contributed by atoms with Gasteiger partial charge in [-0.2, -0.15) is 10.4 Å². The second kappa shape index (κ2) is 8.86. The SMILES string of the molecule is CC(C)(C)C1CC(CC#N)(n2nc(N)c3c(OCc4ccccc4)nccc32)CCN1C(=O)O. The Balaban J connectivity index is 1.76. The minimum atomic E-state index is -0.948. The van der Waals surface area contributed by atoms with E-state index in [4.69, 9.17) is 10.5 Å². The number of benzene rings is 1. The van der Waals surface area contributed by atoms with Crippen LogP contribution in [0.25, 0.3) is 10.9 Å². The van der Waals surface area contributed by atoms with Crippen LogP contribution in [0.2, 0.25) is 0 Å². The number of ether oxygens (including phenoxy) is 1. The zero-order chi connectivity index (χ0) is 24.5. The van der Waals surface area contributed by atoms with Gasteiger partial charge in [0, 0.05) is 18.8 Å². The standard InChI is InChI=1S/C25H30N6O3/c1-24(2,3)19-15-25(10-12-26,11-14-30(19)23(32)33)31-18-9-13-28-22(20(18)21(27)29-31)34-16-17-7-5-4-6-8-17/h4-9,13,19H,10-11,14-16H2,1-3H3,(H2,27,29)(H,32,33). The summed E-state index contributed by atoms with van der Waals surface area (Å²) in [4.78, 5) is 17.8. The number of likely N-dealkylation sites (tertiary alicyclic amines) is 1. The van der Waals surface area contributed by atoms with Gasteiger partial charge in [-0.05, 0) is 29.9 Å². The zero-order valence-corrected chi connectivity index (χ0v) is 19.7. The Morgan fingerprint density at radius 1 is 1.32 bits per heavy atom. The van der Waals surface area contributed by atoms with Gasteiger partial charge in [-0.25, -0.2) is 9.78 Å². The van der Waals surface area contributed by atoms with Gasteiger partial charge < -0.3 is 20.5 Å². The number of carbonyl (C=O) groups is 1. The van der Waals surface area contributed by atoms with E-state index >= 15 is 0 Å². The summed E-state index contributed by atoms with van der Waals surface area (Å²) in [5.74, 6) is 0.656. The normalized spacial score (nSPS) is 20.8. The summed E-state index contributed by atoms with van der Waals surface area (Å²) in [6.45, 7) is 6.70. The fraction of sp³-hybridized carbons (Fsp3) is 0.440. The lowest BCUT2D eigenvalue weighted by atomic mass is 9.72. The molecule has 34 heavy (non-hydrogen) atoms. The van der Waals surface area contributed by atoms with Crippen molar-refractivity contribution < 1.29 is 14.6 Å². The highest BCUT2D eigenvalue weighted by Gasteiger charge is 2.48. The molecule has 1 aliphatic heterocycles. The number of nitrogens with zero attached hydrogens (tertiary/aromatic N) is 5. The van der Waals surface area contributed by atoms with Crippen molar-refractivity contribution in [1.82, 2.24) is 19.7 Å². The summed E-state index contributed by atoms with van der Waals surface area (Å²) in [6.07, 6.45) is 1.80. The van der Waals surface area contributed by atoms with E-state index in [1.54, 1.807) is 6.20 Å². The van der Waals surface area contributed by atoms with Crippen LogP contribution in [0.3, 0.4) is 0 Å². The van der Waals surface area contributed by atoms with E-state index in [0.29, 0.717) is 37.3 Å². The monoisotopic (exact) mass is 462 g/mol. The van der Waals surface area contributed by atoms with Gasteiger partial charge in [0.15, 0.2) is 5.82 Å². The summed E-state index contributed by atoms with van der Waals surface area (Å²) in [7, 11) is 0. The number of carboxylic acid groups (broad SMARTS) is 1. The van der Waals surface area contributed by atoms with Crippen molar-refractivity contribution in [2.75, 3.05) is 12.3 Å². The number of hydrogen-bond donors (Lipinski definition) is 2. The third-order valence-electron chi connectivity index (χ3n) is 6.68. The summed E-state index contributed by atoms with van der Waals surface area (Å²) in [5.41, 5.74) is 7.07. The lowest BCUT2D eigenvalue weighted by Crippen LogP contribution is -2.57. The van der Waals surface area contributed by atoms with E-state index < -0.39 is 11.6 Å². The molecule has 0 aliphatic carbocycles. The number of nitriles is 1. The van der Waals surface area contributed by atoms with E-state index in [9.17, 15) is 15.2 Å². The van der Waals surface area contributed by atoms with Gasteiger partial charge in [0.2, 0.25) is 5.88 Å². The minimum absolute atomic E-state index is 0.186. The maximum atomic E-state index is 12.0. The Kier molecular flexibility index (Phi) is 6.09. The third-order valence-corrected chi connectivity index (χ3v) is 6.68. The van der Waals surface area contributed by atoms with Crippen LogP contribution in [-0.4, -0.2) is 43.5 Å². The predicted octanol–water partition coefficient (Wildman–Crippen LogP) is 4.39. The molecule has 3 aromatic rings. The van der Waals surface area contributed by atoms with Crippen LogP contribution in [-0.2, 0) is 12.1 Å². The molecule has 0 saturated carbocycles. The van der Waals surface area contributed by atoms with Crippen molar-refractivity contribution in [3.05, 3.63) is 48.2 Å². The number of anilines is 1. The molecule has 1 saturated heterocycles. The molecule has 2 unspecified atom stereocenters. The van der Waals surface area contributed by atoms with Crippen molar-refractivity contribution in [2.24, 2.45) is 5.41 Å². The average Bonchev–Trinajstić information content (AvgIpc) is 3.15. The van der Waals surface area contributed by atoms with Gasteiger partial charge in [0.1, 0.15) is 12.0 Å². The van der Waals surface area contributed by atoms with Crippen LogP contribution in [0.1, 0.15) is 45.6 Å². The van der Waals surface area contributed by atoms with Crippen LogP contribution < -0.4 is 10.5 Å². The Hall–Kier alpha value is -3.80. The van der Waals surface area contributed by atoms with Gasteiger partial charge in [-0.15, -0.1) is 0 Å². The number of fused-ring (bicyclic) bond motifs is 1. The number of nitrogens with two attached hydrogens (primary N) is 1. The molecule has 1 fully saturated rings. The number of aromatic nitrogens is 3. The van der Waals surface area contributed by atoms with Crippen LogP contribution >= 0.6 is 0 Å². The van der Waals surface area contributed by atoms with Crippen LogP contribution in [0.15, 0.2) is 42.6 Å². The number of hydrogen-bond acceptors (Lipinski definition) is 6. The topological polar surface area (TPSA) is 130 Å². The van der Waals surface area contributed by atoms with Gasteiger partial charge in [0.05, 0.1) is 23.5 Å². The Bertz CT molecular complexity index is 1230. The lowest BCUT2D eigenvalue weighted by Gasteiger charge is -2.49. The molecular formula is C25H30N6O3. The summed E-state index contributed by atoms with van der Waals surface area (Å²) < 4.78 is 7.82.